The van der Waals surface area contributed by atoms with Crippen molar-refractivity contribution < 1.29 is 13.2 Å². The van der Waals surface area contributed by atoms with Gasteiger partial charge in [-0.05, 0) is 67.3 Å². The Morgan fingerprint density at radius 1 is 1.11 bits per heavy atom. The summed E-state index contributed by atoms with van der Waals surface area (Å²) in [6.07, 6.45) is -2.29. The number of nitrogens with two attached hydrogens (primary N) is 1. The Kier molecular flexibility index (Phi) is 5.45. The van der Waals surface area contributed by atoms with Crippen LogP contribution in [0, 0.1) is 11.3 Å². The highest BCUT2D eigenvalue weighted by atomic mass is 35.5. The zero-order chi connectivity index (χ0) is 19.6. The number of fused-ring (bicyclic) bond motifs is 1. The van der Waals surface area contributed by atoms with Crippen molar-refractivity contribution in [3.63, 3.8) is 0 Å². The van der Waals surface area contributed by atoms with E-state index in [-0.39, 0.29) is 5.02 Å². The zero-order valence-electron chi connectivity index (χ0n) is 14.3. The van der Waals surface area contributed by atoms with E-state index in [1.807, 2.05) is 0 Å². The number of alkyl halides is 3. The molecule has 0 spiro atoms. The second-order valence-corrected chi connectivity index (χ2v) is 6.70. The van der Waals surface area contributed by atoms with Crippen LogP contribution in [0.3, 0.4) is 0 Å². The van der Waals surface area contributed by atoms with Gasteiger partial charge < -0.3 is 10.7 Å². The van der Waals surface area contributed by atoms with Crippen LogP contribution in [-0.2, 0) is 12.6 Å². The molecule has 3 nitrogen and oxygen atoms in total. The second-order valence-electron chi connectivity index (χ2n) is 6.29. The standard InChI is InChI=1S/C20H17ClF3N3/c21-17-6-5-13(10-16(17)20(22,23)24)19-14(3-1-2-8-25)15-9-12(11-26)4-7-18(15)27-19/h4-7,9-10,27H,1-3,8,25H2. The average molecular weight is 392 g/mol. The van der Waals surface area contributed by atoms with Crippen LogP contribution in [0.4, 0.5) is 13.2 Å². The number of aryl methyl sites for hydroxylation is 1. The molecule has 0 aliphatic carbocycles. The van der Waals surface area contributed by atoms with E-state index >= 15 is 0 Å². The molecule has 7 heteroatoms. The van der Waals surface area contributed by atoms with Gasteiger partial charge in [-0.1, -0.05) is 17.7 Å². The fraction of sp³-hybridized carbons (Fsp3) is 0.250. The molecule has 0 atom stereocenters. The Hall–Kier alpha value is -2.49. The van der Waals surface area contributed by atoms with Crippen molar-refractivity contribution in [1.82, 2.24) is 4.98 Å². The lowest BCUT2D eigenvalue weighted by Crippen LogP contribution is -2.06. The van der Waals surface area contributed by atoms with Crippen LogP contribution in [0.2, 0.25) is 5.02 Å². The number of H-pyrrole nitrogens is 1. The Morgan fingerprint density at radius 2 is 1.89 bits per heavy atom. The molecule has 0 unspecified atom stereocenters. The Balaban J connectivity index is 2.18. The molecule has 0 saturated heterocycles. The van der Waals surface area contributed by atoms with E-state index in [0.717, 1.165) is 35.4 Å². The van der Waals surface area contributed by atoms with E-state index in [2.05, 4.69) is 11.1 Å². The summed E-state index contributed by atoms with van der Waals surface area (Å²) < 4.78 is 39.8. The third-order valence-corrected chi connectivity index (χ3v) is 4.81. The minimum absolute atomic E-state index is 0.334. The van der Waals surface area contributed by atoms with E-state index in [9.17, 15) is 13.2 Å². The topological polar surface area (TPSA) is 65.6 Å². The van der Waals surface area contributed by atoms with Crippen LogP contribution in [0.15, 0.2) is 36.4 Å². The summed E-state index contributed by atoms with van der Waals surface area (Å²) in [7, 11) is 0. The van der Waals surface area contributed by atoms with E-state index < -0.39 is 11.7 Å². The molecule has 0 bridgehead atoms. The lowest BCUT2D eigenvalue weighted by molar-refractivity contribution is -0.137. The molecule has 1 heterocycles. The number of halogens is 4. The molecule has 140 valence electrons. The summed E-state index contributed by atoms with van der Waals surface area (Å²) in [6, 6.07) is 11.2. The summed E-state index contributed by atoms with van der Waals surface area (Å²) in [5.74, 6) is 0. The number of benzene rings is 2. The predicted molar refractivity (Wildman–Crippen MR) is 100 cm³/mol. The largest absolute Gasteiger partial charge is 0.417 e. The molecule has 3 rings (SSSR count). The first kappa shape index (κ1) is 19.3. The molecule has 0 fully saturated rings. The molecular formula is C20H17ClF3N3. The van der Waals surface area contributed by atoms with Crippen molar-refractivity contribution in [2.45, 2.75) is 25.4 Å². The van der Waals surface area contributed by atoms with Crippen LogP contribution in [-0.4, -0.2) is 11.5 Å². The highest BCUT2D eigenvalue weighted by Gasteiger charge is 2.33. The van der Waals surface area contributed by atoms with Crippen molar-refractivity contribution in [3.8, 4) is 17.3 Å². The van der Waals surface area contributed by atoms with Gasteiger partial charge in [-0.3, -0.25) is 0 Å². The van der Waals surface area contributed by atoms with Crippen LogP contribution in [0.5, 0.6) is 0 Å². The smallest absolute Gasteiger partial charge is 0.354 e. The van der Waals surface area contributed by atoms with Gasteiger partial charge in [0, 0.05) is 16.6 Å². The van der Waals surface area contributed by atoms with Gasteiger partial charge in [-0.15, -0.1) is 0 Å². The number of nitriles is 1. The van der Waals surface area contributed by atoms with Gasteiger partial charge >= 0.3 is 6.18 Å². The molecule has 3 aromatic rings. The first-order valence-electron chi connectivity index (χ1n) is 8.47. The van der Waals surface area contributed by atoms with Gasteiger partial charge in [0.1, 0.15) is 0 Å². The molecule has 0 saturated carbocycles. The van der Waals surface area contributed by atoms with Crippen molar-refractivity contribution >= 4 is 22.5 Å². The molecule has 27 heavy (non-hydrogen) atoms. The molecule has 0 aliphatic heterocycles. The summed E-state index contributed by atoms with van der Waals surface area (Å²) in [5, 5.41) is 9.67. The molecular weight excluding hydrogens is 375 g/mol. The van der Waals surface area contributed by atoms with Gasteiger partial charge in [0.25, 0.3) is 0 Å². The number of hydrogen-bond donors (Lipinski definition) is 2. The molecule has 0 radical (unpaired) electrons. The fourth-order valence-corrected chi connectivity index (χ4v) is 3.39. The summed E-state index contributed by atoms with van der Waals surface area (Å²) in [4.78, 5) is 3.21. The maximum absolute atomic E-state index is 13.3. The summed E-state index contributed by atoms with van der Waals surface area (Å²) in [5.41, 5.74) is 7.87. The fourth-order valence-electron chi connectivity index (χ4n) is 3.17. The van der Waals surface area contributed by atoms with Crippen LogP contribution in [0.1, 0.15) is 29.5 Å². The molecule has 1 aromatic heterocycles. The van der Waals surface area contributed by atoms with E-state index in [0.29, 0.717) is 29.8 Å². The average Bonchev–Trinajstić information content (AvgIpc) is 2.99. The number of hydrogen-bond acceptors (Lipinski definition) is 2. The van der Waals surface area contributed by atoms with Gasteiger partial charge in [0.15, 0.2) is 0 Å². The predicted octanol–water partition coefficient (Wildman–Crippen LogP) is 5.66. The van der Waals surface area contributed by atoms with Crippen molar-refractivity contribution in [2.75, 3.05) is 6.54 Å². The Labute approximate surface area is 159 Å². The summed E-state index contributed by atoms with van der Waals surface area (Å²) >= 11 is 5.75. The van der Waals surface area contributed by atoms with Crippen LogP contribution < -0.4 is 5.73 Å². The first-order valence-corrected chi connectivity index (χ1v) is 8.85. The first-order chi connectivity index (χ1) is 12.8. The maximum atomic E-state index is 13.3. The Morgan fingerprint density at radius 3 is 2.56 bits per heavy atom. The minimum atomic E-state index is -4.53. The Bertz CT molecular complexity index is 1020. The summed E-state index contributed by atoms with van der Waals surface area (Å²) in [6.45, 7) is 0.542. The quantitative estimate of drug-likeness (QED) is 0.551. The highest BCUT2D eigenvalue weighted by Crippen LogP contribution is 2.39. The second kappa shape index (κ2) is 7.63. The molecule has 0 aliphatic rings. The SMILES string of the molecule is N#Cc1ccc2[nH]c(-c3ccc(Cl)c(C(F)(F)F)c3)c(CCCCN)c2c1. The van der Waals surface area contributed by atoms with Crippen LogP contribution in [0.25, 0.3) is 22.2 Å². The van der Waals surface area contributed by atoms with E-state index in [4.69, 9.17) is 22.6 Å². The lowest BCUT2D eigenvalue weighted by Gasteiger charge is -2.12. The van der Waals surface area contributed by atoms with Gasteiger partial charge in [-0.2, -0.15) is 18.4 Å². The van der Waals surface area contributed by atoms with Crippen molar-refractivity contribution in [1.29, 1.82) is 5.26 Å². The zero-order valence-corrected chi connectivity index (χ0v) is 15.1. The maximum Gasteiger partial charge on any atom is 0.417 e. The minimum Gasteiger partial charge on any atom is -0.354 e. The number of nitrogens with one attached hydrogen (secondary N) is 1. The monoisotopic (exact) mass is 391 g/mol. The number of nitrogens with zero attached hydrogens (tertiary/aromatic N) is 1. The third-order valence-electron chi connectivity index (χ3n) is 4.48. The van der Waals surface area contributed by atoms with Crippen LogP contribution >= 0.6 is 11.6 Å². The van der Waals surface area contributed by atoms with Gasteiger partial charge in [0.05, 0.1) is 22.2 Å². The van der Waals surface area contributed by atoms with Crippen molar-refractivity contribution in [2.24, 2.45) is 5.73 Å². The third kappa shape index (κ3) is 3.95. The number of aromatic amines is 1. The number of aromatic nitrogens is 1. The van der Waals surface area contributed by atoms with Gasteiger partial charge in [0.2, 0.25) is 0 Å². The molecule has 2 aromatic carbocycles. The normalized spacial score (nSPS) is 11.7. The molecule has 3 N–H and O–H groups in total. The molecule has 0 amide bonds. The van der Waals surface area contributed by atoms with E-state index in [1.165, 1.54) is 6.07 Å². The number of rotatable bonds is 5. The highest BCUT2D eigenvalue weighted by molar-refractivity contribution is 6.31. The van der Waals surface area contributed by atoms with Crippen molar-refractivity contribution in [3.05, 3.63) is 58.1 Å². The number of unbranched alkanes of at least 4 members (excludes halogenated alkanes) is 1. The lowest BCUT2D eigenvalue weighted by atomic mass is 9.98. The van der Waals surface area contributed by atoms with E-state index in [1.54, 1.807) is 24.3 Å². The van der Waals surface area contributed by atoms with Gasteiger partial charge in [-0.25, -0.2) is 0 Å².